The molecule has 1 aromatic carbocycles. The van der Waals surface area contributed by atoms with Crippen molar-refractivity contribution in [2.45, 2.75) is 19.3 Å². The number of ketones is 1. The van der Waals surface area contributed by atoms with Gasteiger partial charge in [0.25, 0.3) is 0 Å². The number of carbonyl (C=O) groups is 2. The highest BCUT2D eigenvalue weighted by Crippen LogP contribution is 2.43. The van der Waals surface area contributed by atoms with E-state index in [4.69, 9.17) is 9.47 Å². The summed E-state index contributed by atoms with van der Waals surface area (Å²) in [5.74, 6) is -0.146. The lowest BCUT2D eigenvalue weighted by molar-refractivity contribution is -0.148. The number of benzene rings is 1. The van der Waals surface area contributed by atoms with E-state index in [1.165, 1.54) is 11.3 Å². The van der Waals surface area contributed by atoms with Gasteiger partial charge in [-0.2, -0.15) is 0 Å². The maximum absolute atomic E-state index is 12.4. The number of hydrogen-bond acceptors (Lipinski definition) is 5. The molecular formula is C18H18O4S. The number of hydrogen-bond donors (Lipinski definition) is 0. The van der Waals surface area contributed by atoms with E-state index in [1.54, 1.807) is 14.0 Å². The van der Waals surface area contributed by atoms with Crippen LogP contribution in [0.15, 0.2) is 35.7 Å². The van der Waals surface area contributed by atoms with Gasteiger partial charge in [0.1, 0.15) is 5.75 Å². The van der Waals surface area contributed by atoms with E-state index < -0.39 is 5.92 Å². The topological polar surface area (TPSA) is 52.6 Å². The van der Waals surface area contributed by atoms with Gasteiger partial charge >= 0.3 is 5.97 Å². The molecule has 0 radical (unpaired) electrons. The molecule has 1 aliphatic rings. The van der Waals surface area contributed by atoms with Gasteiger partial charge in [-0.3, -0.25) is 9.59 Å². The van der Waals surface area contributed by atoms with Crippen molar-refractivity contribution in [3.05, 3.63) is 51.7 Å². The van der Waals surface area contributed by atoms with Crippen LogP contribution in [0.4, 0.5) is 0 Å². The fraction of sp³-hybridized carbons (Fsp3) is 0.333. The summed E-state index contributed by atoms with van der Waals surface area (Å²) in [6.45, 7) is 2.09. The van der Waals surface area contributed by atoms with Crippen LogP contribution in [0.2, 0.25) is 0 Å². The summed E-state index contributed by atoms with van der Waals surface area (Å²) in [5.41, 5.74) is 1.92. The quantitative estimate of drug-likeness (QED) is 0.803. The molecule has 4 nitrogen and oxygen atoms in total. The molecule has 0 unspecified atom stereocenters. The van der Waals surface area contributed by atoms with Crippen molar-refractivity contribution in [2.24, 2.45) is 5.92 Å². The summed E-state index contributed by atoms with van der Waals surface area (Å²) in [5, 5.41) is 1.91. The Morgan fingerprint density at radius 1 is 1.26 bits per heavy atom. The third-order valence-corrected chi connectivity index (χ3v) is 5.13. The number of rotatable bonds is 4. The summed E-state index contributed by atoms with van der Waals surface area (Å²) in [4.78, 5) is 25.5. The molecule has 0 fully saturated rings. The lowest BCUT2D eigenvalue weighted by Crippen LogP contribution is -2.32. The zero-order valence-electron chi connectivity index (χ0n) is 13.1. The van der Waals surface area contributed by atoms with Gasteiger partial charge in [-0.25, -0.2) is 0 Å². The molecule has 0 saturated carbocycles. The highest BCUT2D eigenvalue weighted by molar-refractivity contribution is 7.12. The zero-order chi connectivity index (χ0) is 16.4. The largest absolute Gasteiger partial charge is 0.497 e. The minimum atomic E-state index is -0.474. The Kier molecular flexibility index (Phi) is 4.48. The third kappa shape index (κ3) is 2.88. The molecule has 5 heteroatoms. The average Bonchev–Trinajstić information content (AvgIpc) is 3.05. The monoisotopic (exact) mass is 330 g/mol. The number of Topliss-reactive ketones (excluding diaryl/α,β-unsaturated/α-hetero) is 1. The van der Waals surface area contributed by atoms with Crippen molar-refractivity contribution in [3.8, 4) is 5.75 Å². The fourth-order valence-corrected chi connectivity index (χ4v) is 4.01. The van der Waals surface area contributed by atoms with Crippen LogP contribution >= 0.6 is 11.3 Å². The molecule has 0 bridgehead atoms. The standard InChI is InChI=1S/C18H18O4S/c1-3-22-18(20)14-10-15(19)17-13(8-9-23-17)16(14)11-4-6-12(21-2)7-5-11/h4-9,14,16H,3,10H2,1-2H3/t14-,16-/m1/s1. The highest BCUT2D eigenvalue weighted by atomic mass is 32.1. The van der Waals surface area contributed by atoms with Gasteiger partial charge in [0, 0.05) is 12.3 Å². The normalized spacial score (nSPS) is 20.0. The van der Waals surface area contributed by atoms with E-state index in [-0.39, 0.29) is 24.1 Å². The average molecular weight is 330 g/mol. The maximum atomic E-state index is 12.4. The predicted octanol–water partition coefficient (Wildman–Crippen LogP) is 3.65. The van der Waals surface area contributed by atoms with Crippen LogP contribution in [-0.2, 0) is 9.53 Å². The Bertz CT molecular complexity index is 717. The van der Waals surface area contributed by atoms with Gasteiger partial charge in [0.2, 0.25) is 0 Å². The Balaban J connectivity index is 2.05. The van der Waals surface area contributed by atoms with Gasteiger partial charge in [0.15, 0.2) is 5.78 Å². The van der Waals surface area contributed by atoms with Crippen molar-refractivity contribution in [3.63, 3.8) is 0 Å². The molecule has 0 spiro atoms. The first-order valence-electron chi connectivity index (χ1n) is 7.56. The highest BCUT2D eigenvalue weighted by Gasteiger charge is 2.40. The van der Waals surface area contributed by atoms with E-state index >= 15 is 0 Å². The van der Waals surface area contributed by atoms with Crippen molar-refractivity contribution >= 4 is 23.1 Å². The second-order valence-corrected chi connectivity index (χ2v) is 6.36. The van der Waals surface area contributed by atoms with E-state index in [9.17, 15) is 9.59 Å². The van der Waals surface area contributed by atoms with Crippen molar-refractivity contribution < 1.29 is 19.1 Å². The van der Waals surface area contributed by atoms with Crippen LogP contribution in [0, 0.1) is 5.92 Å². The van der Waals surface area contributed by atoms with Gasteiger partial charge in [-0.05, 0) is 41.6 Å². The fourth-order valence-electron chi connectivity index (χ4n) is 3.11. The summed E-state index contributed by atoms with van der Waals surface area (Å²) < 4.78 is 10.4. The summed E-state index contributed by atoms with van der Waals surface area (Å²) in [6.07, 6.45) is 0.197. The van der Waals surface area contributed by atoms with Crippen molar-refractivity contribution in [2.75, 3.05) is 13.7 Å². The number of esters is 1. The van der Waals surface area contributed by atoms with Gasteiger partial charge in [-0.15, -0.1) is 11.3 Å². The van der Waals surface area contributed by atoms with Crippen molar-refractivity contribution in [1.82, 2.24) is 0 Å². The van der Waals surface area contributed by atoms with Crippen molar-refractivity contribution in [1.29, 1.82) is 0 Å². The number of fused-ring (bicyclic) bond motifs is 1. The Labute approximate surface area is 139 Å². The molecule has 3 rings (SSSR count). The van der Waals surface area contributed by atoms with Crippen LogP contribution < -0.4 is 4.74 Å². The van der Waals surface area contributed by atoms with Crippen LogP contribution in [0.3, 0.4) is 0 Å². The summed E-state index contributed by atoms with van der Waals surface area (Å²) in [6, 6.07) is 9.60. The van der Waals surface area contributed by atoms with Gasteiger partial charge in [-0.1, -0.05) is 12.1 Å². The Hall–Kier alpha value is -2.14. The minimum absolute atomic E-state index is 0.0258. The number of carbonyl (C=O) groups excluding carboxylic acids is 2. The molecule has 0 saturated heterocycles. The molecule has 0 aliphatic heterocycles. The molecule has 0 amide bonds. The minimum Gasteiger partial charge on any atom is -0.497 e. The molecular weight excluding hydrogens is 312 g/mol. The lowest BCUT2D eigenvalue weighted by Gasteiger charge is -2.30. The Morgan fingerprint density at radius 3 is 2.65 bits per heavy atom. The van der Waals surface area contributed by atoms with E-state index in [2.05, 4.69) is 0 Å². The number of ether oxygens (including phenoxy) is 2. The van der Waals surface area contributed by atoms with E-state index in [0.717, 1.165) is 21.8 Å². The summed E-state index contributed by atoms with van der Waals surface area (Å²) in [7, 11) is 1.62. The lowest BCUT2D eigenvalue weighted by atomic mass is 9.74. The molecule has 1 heterocycles. The van der Waals surface area contributed by atoms with E-state index in [1.807, 2.05) is 35.7 Å². The van der Waals surface area contributed by atoms with Crippen LogP contribution in [-0.4, -0.2) is 25.5 Å². The summed E-state index contributed by atoms with van der Waals surface area (Å²) >= 11 is 1.44. The van der Waals surface area contributed by atoms with Crippen LogP contribution in [0.5, 0.6) is 5.75 Å². The SMILES string of the molecule is CCOC(=O)[C@@H]1CC(=O)c2sccc2[C@H]1c1ccc(OC)cc1. The maximum Gasteiger partial charge on any atom is 0.310 e. The number of thiophene rings is 1. The van der Waals surface area contributed by atoms with Crippen LogP contribution in [0.25, 0.3) is 0 Å². The first kappa shape index (κ1) is 15.7. The molecule has 1 aliphatic carbocycles. The third-order valence-electron chi connectivity index (χ3n) is 4.16. The first-order chi connectivity index (χ1) is 11.2. The molecule has 0 N–H and O–H groups in total. The molecule has 2 aromatic rings. The second-order valence-electron chi connectivity index (χ2n) is 5.44. The first-order valence-corrected chi connectivity index (χ1v) is 8.44. The van der Waals surface area contributed by atoms with Gasteiger partial charge < -0.3 is 9.47 Å². The van der Waals surface area contributed by atoms with E-state index in [0.29, 0.717) is 6.61 Å². The zero-order valence-corrected chi connectivity index (χ0v) is 13.9. The molecule has 120 valence electrons. The smallest absolute Gasteiger partial charge is 0.310 e. The molecule has 1 aromatic heterocycles. The van der Waals surface area contributed by atoms with Gasteiger partial charge in [0.05, 0.1) is 24.5 Å². The van der Waals surface area contributed by atoms with Crippen LogP contribution in [0.1, 0.15) is 40.1 Å². The molecule has 2 atom stereocenters. The molecule has 23 heavy (non-hydrogen) atoms. The predicted molar refractivity (Wildman–Crippen MR) is 88.2 cm³/mol. The second kappa shape index (κ2) is 6.54. The Morgan fingerprint density at radius 2 is 2.00 bits per heavy atom. The number of methoxy groups -OCH3 is 1.